The van der Waals surface area contributed by atoms with Gasteiger partial charge in [0, 0.05) is 23.1 Å². The van der Waals surface area contributed by atoms with Crippen LogP contribution in [0, 0.1) is 6.92 Å². The molecule has 0 saturated heterocycles. The largest absolute Gasteiger partial charge is 0.485 e. The third-order valence-corrected chi connectivity index (χ3v) is 5.08. The summed E-state index contributed by atoms with van der Waals surface area (Å²) in [7, 11) is 0. The molecule has 2 N–H and O–H groups in total. The summed E-state index contributed by atoms with van der Waals surface area (Å²) in [6, 6.07) is 22.6. The van der Waals surface area contributed by atoms with E-state index in [4.69, 9.17) is 9.47 Å². The summed E-state index contributed by atoms with van der Waals surface area (Å²) in [4.78, 5) is 24.2. The second-order valence-corrected chi connectivity index (χ2v) is 8.03. The minimum atomic E-state index is -0.310. The molecule has 0 radical (unpaired) electrons. The molecule has 7 heteroatoms. The Hall–Kier alpha value is -3.32. The highest BCUT2D eigenvalue weighted by atomic mass is 79.9. The van der Waals surface area contributed by atoms with Gasteiger partial charge in [-0.25, -0.2) is 0 Å². The van der Waals surface area contributed by atoms with Crippen molar-refractivity contribution in [2.45, 2.75) is 20.0 Å². The van der Waals surface area contributed by atoms with E-state index in [9.17, 15) is 9.59 Å². The van der Waals surface area contributed by atoms with E-state index in [2.05, 4.69) is 26.6 Å². The third-order valence-electron chi connectivity index (χ3n) is 4.58. The van der Waals surface area contributed by atoms with Gasteiger partial charge >= 0.3 is 0 Å². The molecule has 0 heterocycles. The summed E-state index contributed by atoms with van der Waals surface area (Å²) in [5.74, 6) is 0.571. The third kappa shape index (κ3) is 7.42. The van der Waals surface area contributed by atoms with Crippen LogP contribution in [0.25, 0.3) is 0 Å². The highest BCUT2D eigenvalue weighted by Crippen LogP contribution is 2.27. The molecule has 0 aliphatic rings. The van der Waals surface area contributed by atoms with Gasteiger partial charge in [0.05, 0.1) is 0 Å². The summed E-state index contributed by atoms with van der Waals surface area (Å²) in [6.45, 7) is 2.37. The molecular formula is C25H25BrN2O4. The second-order valence-electron chi connectivity index (χ2n) is 7.12. The molecular weight excluding hydrogens is 472 g/mol. The molecule has 3 aromatic carbocycles. The lowest BCUT2D eigenvalue weighted by molar-refractivity contribution is -0.123. The van der Waals surface area contributed by atoms with E-state index in [1.54, 1.807) is 12.1 Å². The number of ether oxygens (including phenoxy) is 2. The Balaban J connectivity index is 1.40. The van der Waals surface area contributed by atoms with Gasteiger partial charge in [0.15, 0.2) is 18.1 Å². The van der Waals surface area contributed by atoms with Crippen LogP contribution in [0.5, 0.6) is 11.5 Å². The minimum absolute atomic E-state index is 0.165. The number of halogens is 1. The molecule has 0 spiro atoms. The SMILES string of the molecule is Cc1cc(Br)ccc1NC(=O)CCNC(=O)COc1ccccc1OCc1ccccc1. The molecule has 0 aromatic heterocycles. The molecule has 0 unspecified atom stereocenters. The van der Waals surface area contributed by atoms with Gasteiger partial charge in [-0.2, -0.15) is 0 Å². The number of amides is 2. The van der Waals surface area contributed by atoms with Crippen LogP contribution >= 0.6 is 15.9 Å². The van der Waals surface area contributed by atoms with Crippen LogP contribution in [0.3, 0.4) is 0 Å². The number of aryl methyl sites for hydroxylation is 1. The lowest BCUT2D eigenvalue weighted by Gasteiger charge is -2.13. The van der Waals surface area contributed by atoms with Gasteiger partial charge in [0.1, 0.15) is 6.61 Å². The Morgan fingerprint density at radius 2 is 1.56 bits per heavy atom. The molecule has 166 valence electrons. The zero-order valence-electron chi connectivity index (χ0n) is 17.8. The van der Waals surface area contributed by atoms with Crippen molar-refractivity contribution in [2.75, 3.05) is 18.5 Å². The number of carbonyl (C=O) groups is 2. The van der Waals surface area contributed by atoms with Gasteiger partial charge < -0.3 is 20.1 Å². The van der Waals surface area contributed by atoms with Crippen LogP contribution in [0.15, 0.2) is 77.3 Å². The fourth-order valence-electron chi connectivity index (χ4n) is 2.91. The lowest BCUT2D eigenvalue weighted by atomic mass is 10.2. The van der Waals surface area contributed by atoms with Crippen molar-refractivity contribution < 1.29 is 19.1 Å². The van der Waals surface area contributed by atoms with E-state index in [0.717, 1.165) is 21.3 Å². The smallest absolute Gasteiger partial charge is 0.257 e. The highest BCUT2D eigenvalue weighted by molar-refractivity contribution is 9.10. The first-order valence-corrected chi connectivity index (χ1v) is 11.0. The van der Waals surface area contributed by atoms with Gasteiger partial charge in [-0.15, -0.1) is 0 Å². The van der Waals surface area contributed by atoms with Gasteiger partial charge in [0.2, 0.25) is 5.91 Å². The maximum absolute atomic E-state index is 12.1. The van der Waals surface area contributed by atoms with Crippen molar-refractivity contribution >= 4 is 33.4 Å². The molecule has 0 aliphatic heterocycles. The molecule has 2 amide bonds. The number of carbonyl (C=O) groups excluding carboxylic acids is 2. The number of hydrogen-bond donors (Lipinski definition) is 2. The molecule has 3 rings (SSSR count). The minimum Gasteiger partial charge on any atom is -0.485 e. The fourth-order valence-corrected chi connectivity index (χ4v) is 3.39. The second kappa shape index (κ2) is 11.9. The van der Waals surface area contributed by atoms with Crippen LogP contribution in [0.1, 0.15) is 17.5 Å². The normalized spacial score (nSPS) is 10.3. The van der Waals surface area contributed by atoms with E-state index in [1.807, 2.05) is 67.6 Å². The van der Waals surface area contributed by atoms with Gasteiger partial charge in [-0.05, 0) is 48.4 Å². The van der Waals surface area contributed by atoms with E-state index in [0.29, 0.717) is 18.1 Å². The topological polar surface area (TPSA) is 76.7 Å². The van der Waals surface area contributed by atoms with Crippen LogP contribution < -0.4 is 20.1 Å². The highest BCUT2D eigenvalue weighted by Gasteiger charge is 2.10. The predicted octanol–water partition coefficient (Wildman–Crippen LogP) is 4.86. The summed E-state index contributed by atoms with van der Waals surface area (Å²) in [5, 5.41) is 5.54. The maximum atomic E-state index is 12.1. The molecule has 3 aromatic rings. The van der Waals surface area contributed by atoms with Crippen molar-refractivity contribution in [3.05, 3.63) is 88.4 Å². The predicted molar refractivity (Wildman–Crippen MR) is 128 cm³/mol. The van der Waals surface area contributed by atoms with E-state index >= 15 is 0 Å². The fraction of sp³-hybridized carbons (Fsp3) is 0.200. The van der Waals surface area contributed by atoms with Crippen LogP contribution in [-0.2, 0) is 16.2 Å². The monoisotopic (exact) mass is 496 g/mol. The molecule has 0 fully saturated rings. The van der Waals surface area contributed by atoms with Gasteiger partial charge in [-0.3, -0.25) is 9.59 Å². The quantitative estimate of drug-likeness (QED) is 0.420. The van der Waals surface area contributed by atoms with Crippen LogP contribution in [0.2, 0.25) is 0 Å². The van der Waals surface area contributed by atoms with E-state index < -0.39 is 0 Å². The first-order chi connectivity index (χ1) is 15.5. The van der Waals surface area contributed by atoms with E-state index in [1.165, 1.54) is 0 Å². The number of para-hydroxylation sites is 2. The van der Waals surface area contributed by atoms with Crippen molar-refractivity contribution in [3.8, 4) is 11.5 Å². The molecule has 0 bridgehead atoms. The lowest BCUT2D eigenvalue weighted by Crippen LogP contribution is -2.31. The first kappa shape index (κ1) is 23.3. The number of anilines is 1. The zero-order chi connectivity index (χ0) is 22.8. The van der Waals surface area contributed by atoms with Crippen LogP contribution in [0.4, 0.5) is 5.69 Å². The van der Waals surface area contributed by atoms with Crippen LogP contribution in [-0.4, -0.2) is 25.0 Å². The molecule has 6 nitrogen and oxygen atoms in total. The number of hydrogen-bond acceptors (Lipinski definition) is 4. The average molecular weight is 497 g/mol. The Morgan fingerprint density at radius 1 is 0.875 bits per heavy atom. The molecule has 0 atom stereocenters. The molecule has 0 aliphatic carbocycles. The summed E-state index contributed by atoms with van der Waals surface area (Å²) in [6.07, 6.45) is 0.165. The standard InChI is InChI=1S/C25H25BrN2O4/c1-18-15-20(26)11-12-21(18)28-24(29)13-14-27-25(30)17-32-23-10-6-5-9-22(23)31-16-19-7-3-2-4-8-19/h2-12,15H,13-14,16-17H2,1H3,(H,27,30)(H,28,29). The number of benzene rings is 3. The molecule has 32 heavy (non-hydrogen) atoms. The zero-order valence-corrected chi connectivity index (χ0v) is 19.4. The Kier molecular flexibility index (Phi) is 8.69. The van der Waals surface area contributed by atoms with E-state index in [-0.39, 0.29) is 31.4 Å². The van der Waals surface area contributed by atoms with Gasteiger partial charge in [-0.1, -0.05) is 58.4 Å². The average Bonchev–Trinajstić information content (AvgIpc) is 2.79. The Bertz CT molecular complexity index is 1060. The Morgan fingerprint density at radius 3 is 2.28 bits per heavy atom. The van der Waals surface area contributed by atoms with Crippen molar-refractivity contribution in [3.63, 3.8) is 0 Å². The summed E-state index contributed by atoms with van der Waals surface area (Å²) in [5.41, 5.74) is 2.75. The maximum Gasteiger partial charge on any atom is 0.257 e. The first-order valence-electron chi connectivity index (χ1n) is 10.2. The van der Waals surface area contributed by atoms with Crippen molar-refractivity contribution in [1.29, 1.82) is 0 Å². The summed E-state index contributed by atoms with van der Waals surface area (Å²) < 4.78 is 12.4. The van der Waals surface area contributed by atoms with Gasteiger partial charge in [0.25, 0.3) is 5.91 Å². The summed E-state index contributed by atoms with van der Waals surface area (Å²) >= 11 is 3.40. The number of nitrogens with one attached hydrogen (secondary N) is 2. The van der Waals surface area contributed by atoms with Crippen molar-refractivity contribution in [1.82, 2.24) is 5.32 Å². The molecule has 0 saturated carbocycles. The Labute approximate surface area is 196 Å². The number of rotatable bonds is 10. The van der Waals surface area contributed by atoms with Crippen molar-refractivity contribution in [2.24, 2.45) is 0 Å².